The molecule has 9 heavy (non-hydrogen) atoms. The maximum Gasteiger partial charge on any atom is 0.0274 e. The summed E-state index contributed by atoms with van der Waals surface area (Å²) in [5, 5.41) is 1.38. The van der Waals surface area contributed by atoms with Crippen molar-refractivity contribution in [1.29, 1.82) is 0 Å². The third-order valence-electron chi connectivity index (χ3n) is 0.969. The van der Waals surface area contributed by atoms with Gasteiger partial charge in [-0.2, -0.15) is 0 Å². The van der Waals surface area contributed by atoms with Crippen molar-refractivity contribution in [2.24, 2.45) is 0 Å². The first-order chi connectivity index (χ1) is 3.93. The van der Waals surface area contributed by atoms with Crippen molar-refractivity contribution in [3.63, 3.8) is 0 Å². The molecule has 0 aliphatic heterocycles. The Morgan fingerprint density at radius 1 is 1.33 bits per heavy atom. The van der Waals surface area contributed by atoms with E-state index in [2.05, 4.69) is 11.6 Å². The predicted octanol–water partition coefficient (Wildman–Crippen LogP) is 1.59. The van der Waals surface area contributed by atoms with E-state index in [4.69, 9.17) is 0 Å². The van der Waals surface area contributed by atoms with Crippen LogP contribution in [0.15, 0.2) is 24.5 Å². The van der Waals surface area contributed by atoms with Crippen molar-refractivity contribution in [2.75, 3.05) is 6.66 Å². The van der Waals surface area contributed by atoms with Crippen molar-refractivity contribution >= 4 is 30.9 Å². The largest absolute Gasteiger partial charge is 0.265 e. The molecule has 0 aliphatic carbocycles. The quantitative estimate of drug-likeness (QED) is 0.636. The van der Waals surface area contributed by atoms with E-state index >= 15 is 0 Å². The predicted molar refractivity (Wildman–Crippen MR) is 48.4 cm³/mol. The van der Waals surface area contributed by atoms with Crippen LogP contribution in [-0.2, 0) is 0 Å². The number of halogens is 1. The smallest absolute Gasteiger partial charge is 0.0274 e. The summed E-state index contributed by atoms with van der Waals surface area (Å²) >= 11 is 0. The van der Waals surface area contributed by atoms with Crippen LogP contribution in [0.5, 0.6) is 0 Å². The summed E-state index contributed by atoms with van der Waals surface area (Å²) < 4.78 is 0. The van der Waals surface area contributed by atoms with Gasteiger partial charge < -0.3 is 0 Å². The van der Waals surface area contributed by atoms with Gasteiger partial charge in [-0.15, -0.1) is 17.0 Å². The number of nitrogens with zero attached hydrogens (tertiary/aromatic N) is 1. The fourth-order valence-electron chi connectivity index (χ4n) is 0.519. The molecule has 50 valence electrons. The van der Waals surface area contributed by atoms with E-state index in [0.29, 0.717) is 0 Å². The van der Waals surface area contributed by atoms with Gasteiger partial charge in [0.25, 0.3) is 0 Å². The van der Waals surface area contributed by atoms with Crippen LogP contribution in [0, 0.1) is 0 Å². The lowest BCUT2D eigenvalue weighted by atomic mass is 10.5. The molecule has 1 aromatic rings. The summed E-state index contributed by atoms with van der Waals surface area (Å²) in [7, 11) is 0.890. The maximum absolute atomic E-state index is 3.90. The molecular weight excluding hydrogens is 197 g/mol. The van der Waals surface area contributed by atoms with E-state index in [0.717, 1.165) is 8.58 Å². The third-order valence-corrected chi connectivity index (χ3v) is 1.88. The molecular formula is C6H9BrNP. The second kappa shape index (κ2) is 4.89. The molecule has 0 aromatic carbocycles. The molecule has 0 fully saturated rings. The van der Waals surface area contributed by atoms with Crippen LogP contribution < -0.4 is 5.30 Å². The monoisotopic (exact) mass is 205 g/mol. The molecule has 0 amide bonds. The normalized spacial score (nSPS) is 9.44. The number of aromatic nitrogens is 1. The zero-order valence-electron chi connectivity index (χ0n) is 5.16. The molecule has 0 N–H and O–H groups in total. The van der Waals surface area contributed by atoms with Crippen LogP contribution in [0.1, 0.15) is 0 Å². The van der Waals surface area contributed by atoms with Crippen molar-refractivity contribution in [3.8, 4) is 0 Å². The van der Waals surface area contributed by atoms with E-state index in [1.165, 1.54) is 5.30 Å². The highest BCUT2D eigenvalue weighted by Crippen LogP contribution is 1.99. The Morgan fingerprint density at radius 3 is 2.22 bits per heavy atom. The highest BCUT2D eigenvalue weighted by atomic mass is 79.9. The number of hydrogen-bond donors (Lipinski definition) is 0. The van der Waals surface area contributed by atoms with Crippen molar-refractivity contribution in [3.05, 3.63) is 24.5 Å². The van der Waals surface area contributed by atoms with E-state index in [-0.39, 0.29) is 17.0 Å². The molecule has 0 radical (unpaired) electrons. The summed E-state index contributed by atoms with van der Waals surface area (Å²) in [4.78, 5) is 3.90. The third kappa shape index (κ3) is 2.92. The lowest BCUT2D eigenvalue weighted by molar-refractivity contribution is 1.34. The molecule has 1 aromatic heterocycles. The minimum absolute atomic E-state index is 0. The van der Waals surface area contributed by atoms with E-state index in [1.807, 2.05) is 24.5 Å². The molecule has 1 rings (SSSR count). The highest BCUT2D eigenvalue weighted by molar-refractivity contribution is 8.93. The van der Waals surface area contributed by atoms with Crippen molar-refractivity contribution in [2.45, 2.75) is 0 Å². The van der Waals surface area contributed by atoms with Gasteiger partial charge >= 0.3 is 0 Å². The first kappa shape index (κ1) is 9.06. The highest BCUT2D eigenvalue weighted by Gasteiger charge is 1.80. The van der Waals surface area contributed by atoms with Crippen molar-refractivity contribution < 1.29 is 0 Å². The summed E-state index contributed by atoms with van der Waals surface area (Å²) in [6.07, 6.45) is 3.65. The summed E-state index contributed by atoms with van der Waals surface area (Å²) in [5.74, 6) is 0. The lowest BCUT2D eigenvalue weighted by Crippen LogP contribution is -1.89. The Balaban J connectivity index is 0.000000640. The molecule has 0 aliphatic rings. The van der Waals surface area contributed by atoms with Gasteiger partial charge in [-0.05, 0) is 24.1 Å². The molecule has 1 nitrogen and oxygen atoms in total. The zero-order chi connectivity index (χ0) is 5.82. The standard InChI is InChI=1S/C6H8NP.BrH/c1-8-6-2-4-7-5-3-6;/h2-5,8H,1H3;1H. The molecule has 1 unspecified atom stereocenters. The van der Waals surface area contributed by atoms with Gasteiger partial charge in [-0.25, -0.2) is 0 Å². The Labute approximate surface area is 67.4 Å². The Hall–Kier alpha value is 0.0600. The Kier molecular flexibility index (Phi) is 4.93. The summed E-state index contributed by atoms with van der Waals surface area (Å²) in [5.41, 5.74) is 0. The summed E-state index contributed by atoms with van der Waals surface area (Å²) in [6.45, 7) is 2.16. The minimum atomic E-state index is 0. The van der Waals surface area contributed by atoms with Crippen LogP contribution in [0.2, 0.25) is 0 Å². The number of pyridine rings is 1. The number of hydrogen-bond acceptors (Lipinski definition) is 1. The van der Waals surface area contributed by atoms with Crippen LogP contribution in [0.3, 0.4) is 0 Å². The van der Waals surface area contributed by atoms with Gasteiger partial charge in [0.2, 0.25) is 0 Å². The van der Waals surface area contributed by atoms with Gasteiger partial charge in [-0.3, -0.25) is 4.98 Å². The van der Waals surface area contributed by atoms with E-state index in [9.17, 15) is 0 Å². The Morgan fingerprint density at radius 2 is 1.89 bits per heavy atom. The molecule has 0 bridgehead atoms. The molecule has 0 saturated heterocycles. The van der Waals surface area contributed by atoms with Gasteiger partial charge in [0.05, 0.1) is 0 Å². The van der Waals surface area contributed by atoms with Crippen molar-refractivity contribution in [1.82, 2.24) is 4.98 Å². The van der Waals surface area contributed by atoms with Crippen LogP contribution >= 0.6 is 25.6 Å². The molecule has 1 atom stereocenters. The average molecular weight is 206 g/mol. The van der Waals surface area contributed by atoms with Crippen LogP contribution in [0.25, 0.3) is 0 Å². The maximum atomic E-state index is 3.90. The van der Waals surface area contributed by atoms with Gasteiger partial charge in [-0.1, -0.05) is 8.58 Å². The van der Waals surface area contributed by atoms with Gasteiger partial charge in [0.15, 0.2) is 0 Å². The molecule has 0 saturated carbocycles. The average Bonchev–Trinajstić information content (AvgIpc) is 1.90. The first-order valence-electron chi connectivity index (χ1n) is 2.51. The fraction of sp³-hybridized carbons (Fsp3) is 0.167. The first-order valence-corrected chi connectivity index (χ1v) is 4.01. The van der Waals surface area contributed by atoms with E-state index in [1.54, 1.807) is 0 Å². The van der Waals surface area contributed by atoms with E-state index < -0.39 is 0 Å². The zero-order valence-corrected chi connectivity index (χ0v) is 7.88. The molecule has 0 spiro atoms. The van der Waals surface area contributed by atoms with Gasteiger partial charge in [0.1, 0.15) is 0 Å². The topological polar surface area (TPSA) is 12.9 Å². The molecule has 1 heterocycles. The SMILES string of the molecule is Br.CPc1ccncc1. The lowest BCUT2D eigenvalue weighted by Gasteiger charge is -1.89. The van der Waals surface area contributed by atoms with Crippen LogP contribution in [0.4, 0.5) is 0 Å². The fourth-order valence-corrected chi connectivity index (χ4v) is 1.00. The second-order valence-electron chi connectivity index (χ2n) is 1.49. The Bertz CT molecular complexity index is 154. The summed E-state index contributed by atoms with van der Waals surface area (Å²) in [6, 6.07) is 4.08. The van der Waals surface area contributed by atoms with Crippen LogP contribution in [-0.4, -0.2) is 11.6 Å². The second-order valence-corrected chi connectivity index (χ2v) is 2.56. The number of rotatable bonds is 1. The minimum Gasteiger partial charge on any atom is -0.265 e. The van der Waals surface area contributed by atoms with Gasteiger partial charge in [0, 0.05) is 12.4 Å². The molecule has 3 heteroatoms.